The summed E-state index contributed by atoms with van der Waals surface area (Å²) >= 11 is 5.29. The Bertz CT molecular complexity index is 912. The molecule has 182 valence electrons. The Morgan fingerprint density at radius 1 is 1.03 bits per heavy atom. The monoisotopic (exact) mass is 492 g/mol. The molecule has 2 unspecified atom stereocenters. The lowest BCUT2D eigenvalue weighted by Gasteiger charge is -2.23. The van der Waals surface area contributed by atoms with Gasteiger partial charge in [-0.2, -0.15) is 0 Å². The second kappa shape index (κ2) is 15.0. The molecule has 1 heterocycles. The number of nitrogens with two attached hydrogens (primary N) is 1. The Hall–Kier alpha value is -2.07. The fourth-order valence-corrected chi connectivity index (χ4v) is 4.29. The van der Waals surface area contributed by atoms with Gasteiger partial charge in [-0.05, 0) is 49.7 Å². The maximum absolute atomic E-state index is 11.8. The minimum absolute atomic E-state index is 0.385. The fourth-order valence-electron chi connectivity index (χ4n) is 3.43. The summed E-state index contributed by atoms with van der Waals surface area (Å²) in [6.07, 6.45) is 10.1. The second-order valence-corrected chi connectivity index (χ2v) is 10.5. The third kappa shape index (κ3) is 11.6. The molecular formula is C24H36N4O3S2. The number of benzene rings is 1. The van der Waals surface area contributed by atoms with Gasteiger partial charge in [-0.1, -0.05) is 62.4 Å². The van der Waals surface area contributed by atoms with Crippen molar-refractivity contribution in [3.05, 3.63) is 60.4 Å². The lowest BCUT2D eigenvalue weighted by atomic mass is 10.1. The number of primary sulfonamides is 1. The molecule has 0 radical (unpaired) electrons. The summed E-state index contributed by atoms with van der Waals surface area (Å²) in [4.78, 5) is 3.98. The number of pyridine rings is 1. The Labute approximate surface area is 203 Å². The van der Waals surface area contributed by atoms with E-state index in [1.807, 2.05) is 42.5 Å². The smallest absolute Gasteiger partial charge is 0.214 e. The summed E-state index contributed by atoms with van der Waals surface area (Å²) in [6, 6.07) is 13.5. The van der Waals surface area contributed by atoms with Crippen LogP contribution in [0.5, 0.6) is 0 Å². The molecule has 2 rings (SSSR count). The van der Waals surface area contributed by atoms with Crippen LogP contribution >= 0.6 is 12.2 Å². The molecular weight excluding hydrogens is 456 g/mol. The Balaban J connectivity index is 1.58. The first-order valence-electron chi connectivity index (χ1n) is 11.5. The highest BCUT2D eigenvalue weighted by Crippen LogP contribution is 2.18. The Kier molecular flexibility index (Phi) is 12.3. The lowest BCUT2D eigenvalue weighted by molar-refractivity contribution is 0.0330. The summed E-state index contributed by atoms with van der Waals surface area (Å²) in [7, 11) is -3.64. The SMILES string of the molecule is CC(C(CCCCCCCCNC(=S)Nc1ccncc1)OCc1ccccc1)S(N)(=O)=O. The van der Waals surface area contributed by atoms with E-state index in [4.69, 9.17) is 22.1 Å². The highest BCUT2D eigenvalue weighted by atomic mass is 32.2. The second-order valence-electron chi connectivity index (χ2n) is 8.16. The van der Waals surface area contributed by atoms with Gasteiger partial charge in [0, 0.05) is 24.6 Å². The molecule has 0 spiro atoms. The van der Waals surface area contributed by atoms with E-state index >= 15 is 0 Å². The van der Waals surface area contributed by atoms with Crippen LogP contribution < -0.4 is 15.8 Å². The van der Waals surface area contributed by atoms with Gasteiger partial charge in [-0.25, -0.2) is 13.6 Å². The molecule has 9 heteroatoms. The van der Waals surface area contributed by atoms with E-state index in [-0.39, 0.29) is 0 Å². The number of anilines is 1. The number of unbranched alkanes of at least 4 members (excludes halogenated alkanes) is 5. The number of rotatable bonds is 15. The molecule has 0 bridgehead atoms. The van der Waals surface area contributed by atoms with Gasteiger partial charge in [0.25, 0.3) is 0 Å². The van der Waals surface area contributed by atoms with E-state index in [1.54, 1.807) is 19.3 Å². The van der Waals surface area contributed by atoms with Crippen molar-refractivity contribution in [2.45, 2.75) is 69.8 Å². The van der Waals surface area contributed by atoms with Crippen LogP contribution in [0.3, 0.4) is 0 Å². The van der Waals surface area contributed by atoms with Gasteiger partial charge in [0.15, 0.2) is 5.11 Å². The molecule has 0 amide bonds. The van der Waals surface area contributed by atoms with Gasteiger partial charge in [-0.3, -0.25) is 4.98 Å². The maximum atomic E-state index is 11.8. The van der Waals surface area contributed by atoms with Crippen LogP contribution in [0.15, 0.2) is 54.9 Å². The van der Waals surface area contributed by atoms with Gasteiger partial charge in [0.1, 0.15) is 0 Å². The van der Waals surface area contributed by atoms with E-state index in [0.717, 1.165) is 56.3 Å². The summed E-state index contributed by atoms with van der Waals surface area (Å²) in [5.74, 6) is 0. The van der Waals surface area contributed by atoms with Gasteiger partial charge in [-0.15, -0.1) is 0 Å². The zero-order valence-corrected chi connectivity index (χ0v) is 20.9. The van der Waals surface area contributed by atoms with E-state index in [9.17, 15) is 8.42 Å². The summed E-state index contributed by atoms with van der Waals surface area (Å²) in [6.45, 7) is 2.85. The van der Waals surface area contributed by atoms with Crippen LogP contribution in [0.25, 0.3) is 0 Å². The van der Waals surface area contributed by atoms with Crippen molar-refractivity contribution in [1.29, 1.82) is 0 Å². The average molecular weight is 493 g/mol. The van der Waals surface area contributed by atoms with E-state index in [0.29, 0.717) is 18.1 Å². The molecule has 0 aliphatic heterocycles. The number of nitrogens with zero attached hydrogens (tertiary/aromatic N) is 1. The Morgan fingerprint density at radius 2 is 1.67 bits per heavy atom. The zero-order valence-electron chi connectivity index (χ0n) is 19.3. The van der Waals surface area contributed by atoms with E-state index < -0.39 is 21.4 Å². The van der Waals surface area contributed by atoms with Crippen LogP contribution in [-0.2, 0) is 21.4 Å². The first-order valence-corrected chi connectivity index (χ1v) is 13.5. The number of hydrogen-bond donors (Lipinski definition) is 3. The number of ether oxygens (including phenoxy) is 1. The zero-order chi connectivity index (χ0) is 23.9. The molecule has 4 N–H and O–H groups in total. The molecule has 1 aromatic carbocycles. The van der Waals surface area contributed by atoms with E-state index in [2.05, 4.69) is 15.6 Å². The van der Waals surface area contributed by atoms with Crippen molar-refractivity contribution in [3.8, 4) is 0 Å². The van der Waals surface area contributed by atoms with Crippen LogP contribution in [-0.4, -0.2) is 36.4 Å². The predicted molar refractivity (Wildman–Crippen MR) is 138 cm³/mol. The number of nitrogens with one attached hydrogen (secondary N) is 2. The molecule has 2 atom stereocenters. The van der Waals surface area contributed by atoms with Crippen molar-refractivity contribution in [2.75, 3.05) is 11.9 Å². The largest absolute Gasteiger partial charge is 0.372 e. The standard InChI is InChI=1S/C24H36N4O3S2/c1-20(33(25,29)30)23(31-19-21-11-7-6-8-12-21)13-9-4-2-3-5-10-16-27-24(32)28-22-14-17-26-18-15-22/h6-8,11-12,14-15,17-18,20,23H,2-5,9-10,13,16,19H2,1H3,(H2,25,29,30)(H2,26,27,28,32). The average Bonchev–Trinajstić information content (AvgIpc) is 2.80. The molecule has 0 aliphatic rings. The molecule has 7 nitrogen and oxygen atoms in total. The highest BCUT2D eigenvalue weighted by molar-refractivity contribution is 7.89. The lowest BCUT2D eigenvalue weighted by Crippen LogP contribution is -2.37. The third-order valence-corrected chi connectivity index (χ3v) is 7.07. The molecule has 0 aliphatic carbocycles. The van der Waals surface area contributed by atoms with Crippen molar-refractivity contribution in [2.24, 2.45) is 5.14 Å². The Morgan fingerprint density at radius 3 is 2.33 bits per heavy atom. The predicted octanol–water partition coefficient (Wildman–Crippen LogP) is 4.36. The van der Waals surface area contributed by atoms with Crippen molar-refractivity contribution >= 4 is 33.0 Å². The van der Waals surface area contributed by atoms with Gasteiger partial charge in [0.2, 0.25) is 10.0 Å². The number of sulfonamides is 1. The fraction of sp³-hybridized carbons (Fsp3) is 0.500. The maximum Gasteiger partial charge on any atom is 0.214 e. The quantitative estimate of drug-likeness (QED) is 0.250. The van der Waals surface area contributed by atoms with Crippen LogP contribution in [0.4, 0.5) is 5.69 Å². The first-order chi connectivity index (χ1) is 15.9. The highest BCUT2D eigenvalue weighted by Gasteiger charge is 2.27. The molecule has 0 saturated heterocycles. The van der Waals surface area contributed by atoms with Crippen LogP contribution in [0.2, 0.25) is 0 Å². The number of thiocarbonyl (C=S) groups is 1. The number of aromatic nitrogens is 1. The molecule has 0 saturated carbocycles. The van der Waals surface area contributed by atoms with Gasteiger partial charge < -0.3 is 15.4 Å². The summed E-state index contributed by atoms with van der Waals surface area (Å²) in [5, 5.41) is 11.6. The normalized spacial score (nSPS) is 13.3. The minimum Gasteiger partial charge on any atom is -0.372 e. The van der Waals surface area contributed by atoms with Crippen molar-refractivity contribution in [1.82, 2.24) is 10.3 Å². The molecule has 2 aromatic rings. The molecule has 1 aromatic heterocycles. The van der Waals surface area contributed by atoms with Crippen molar-refractivity contribution < 1.29 is 13.2 Å². The minimum atomic E-state index is -3.64. The summed E-state index contributed by atoms with van der Waals surface area (Å²) < 4.78 is 29.6. The van der Waals surface area contributed by atoms with Gasteiger partial charge >= 0.3 is 0 Å². The molecule has 33 heavy (non-hydrogen) atoms. The van der Waals surface area contributed by atoms with Crippen LogP contribution in [0.1, 0.15) is 57.4 Å². The van der Waals surface area contributed by atoms with Crippen molar-refractivity contribution in [3.63, 3.8) is 0 Å². The van der Waals surface area contributed by atoms with E-state index in [1.165, 1.54) is 0 Å². The number of hydrogen-bond acceptors (Lipinski definition) is 5. The summed E-state index contributed by atoms with van der Waals surface area (Å²) in [5.41, 5.74) is 1.94. The first kappa shape index (κ1) is 27.2. The van der Waals surface area contributed by atoms with Crippen LogP contribution in [0, 0.1) is 0 Å². The third-order valence-electron chi connectivity index (χ3n) is 5.49. The van der Waals surface area contributed by atoms with Gasteiger partial charge in [0.05, 0.1) is 18.0 Å². The topological polar surface area (TPSA) is 106 Å². The molecule has 0 fully saturated rings.